The predicted octanol–water partition coefficient (Wildman–Crippen LogP) is 2.62. The van der Waals surface area contributed by atoms with Crippen LogP contribution in [0.25, 0.3) is 0 Å². The molecule has 1 atom stereocenters. The maximum Gasteiger partial charge on any atom is 0.342 e. The molecular formula is C13H9F2NO3S. The fourth-order valence-corrected chi connectivity index (χ4v) is 2.02. The molecule has 0 aliphatic rings. The summed E-state index contributed by atoms with van der Waals surface area (Å²) in [5, 5.41) is 11.7. The van der Waals surface area contributed by atoms with E-state index in [2.05, 4.69) is 16.3 Å². The molecule has 1 unspecified atom stereocenters. The molecule has 0 aliphatic carbocycles. The Kier molecular flexibility index (Phi) is 4.21. The lowest BCUT2D eigenvalue weighted by Gasteiger charge is -2.11. The maximum absolute atomic E-state index is 13.3. The van der Waals surface area contributed by atoms with Gasteiger partial charge in [0.1, 0.15) is 11.1 Å². The van der Waals surface area contributed by atoms with E-state index >= 15 is 0 Å². The smallest absolute Gasteiger partial charge is 0.342 e. The lowest BCUT2D eigenvalue weighted by molar-refractivity contribution is -0.131. The van der Waals surface area contributed by atoms with Crippen molar-refractivity contribution in [2.24, 2.45) is 0 Å². The Balaban J connectivity index is 2.14. The van der Waals surface area contributed by atoms with Gasteiger partial charge in [0.2, 0.25) is 5.75 Å². The molecule has 4 nitrogen and oxygen atoms in total. The summed E-state index contributed by atoms with van der Waals surface area (Å²) in [6, 6.07) is 3.04. The summed E-state index contributed by atoms with van der Waals surface area (Å²) in [4.78, 5) is 15.5. The Morgan fingerprint density at radius 3 is 2.60 bits per heavy atom. The highest BCUT2D eigenvalue weighted by Crippen LogP contribution is 2.26. The van der Waals surface area contributed by atoms with Gasteiger partial charge < -0.3 is 9.84 Å². The summed E-state index contributed by atoms with van der Waals surface area (Å²) >= 11 is 1.11. The van der Waals surface area contributed by atoms with Crippen LogP contribution in [0.4, 0.5) is 8.78 Å². The highest BCUT2D eigenvalue weighted by molar-refractivity contribution is 7.09. The lowest BCUT2D eigenvalue weighted by atomic mass is 10.2. The van der Waals surface area contributed by atoms with Gasteiger partial charge in [-0.05, 0) is 12.1 Å². The van der Waals surface area contributed by atoms with Crippen LogP contribution in [-0.2, 0) is 4.79 Å². The third-order valence-corrected chi connectivity index (χ3v) is 3.22. The number of nitrogens with zero attached hydrogens (tertiary/aromatic N) is 1. The first-order chi connectivity index (χ1) is 9.50. The Morgan fingerprint density at radius 2 is 2.05 bits per heavy atom. The van der Waals surface area contributed by atoms with Gasteiger partial charge in [-0.2, -0.15) is 0 Å². The lowest BCUT2D eigenvalue weighted by Crippen LogP contribution is -2.17. The molecule has 1 aromatic heterocycles. The van der Waals surface area contributed by atoms with E-state index in [0.29, 0.717) is 0 Å². The minimum absolute atomic E-state index is 0.237. The van der Waals surface area contributed by atoms with Gasteiger partial charge in [0.25, 0.3) is 0 Å². The number of hydrogen-bond donors (Lipinski definition) is 1. The zero-order valence-corrected chi connectivity index (χ0v) is 10.9. The second-order valence-electron chi connectivity index (χ2n) is 3.74. The third-order valence-electron chi connectivity index (χ3n) is 2.39. The van der Waals surface area contributed by atoms with Crippen molar-refractivity contribution in [2.45, 2.75) is 6.10 Å². The SMILES string of the molecule is C=C(C(=O)Oc1c(F)cccc1F)C(O)c1nccs1. The number of rotatable bonds is 4. The molecule has 0 fully saturated rings. The summed E-state index contributed by atoms with van der Waals surface area (Å²) in [7, 11) is 0. The number of aromatic nitrogens is 1. The number of hydrogen-bond acceptors (Lipinski definition) is 5. The molecule has 0 aliphatic heterocycles. The Bertz CT molecular complexity index is 623. The first-order valence-corrected chi connectivity index (χ1v) is 6.31. The van der Waals surface area contributed by atoms with Gasteiger partial charge in [0, 0.05) is 11.6 Å². The summed E-state index contributed by atoms with van der Waals surface area (Å²) < 4.78 is 31.2. The van der Waals surface area contributed by atoms with E-state index < -0.39 is 29.5 Å². The molecule has 0 amide bonds. The fraction of sp³-hybridized carbons (Fsp3) is 0.0769. The predicted molar refractivity (Wildman–Crippen MR) is 68.2 cm³/mol. The van der Waals surface area contributed by atoms with Crippen molar-refractivity contribution in [2.75, 3.05) is 0 Å². The number of para-hydroxylation sites is 1. The van der Waals surface area contributed by atoms with Crippen LogP contribution in [0.15, 0.2) is 41.9 Å². The van der Waals surface area contributed by atoms with E-state index in [0.717, 1.165) is 29.5 Å². The van der Waals surface area contributed by atoms with E-state index in [1.807, 2.05) is 0 Å². The van der Waals surface area contributed by atoms with Gasteiger partial charge >= 0.3 is 5.97 Å². The quantitative estimate of drug-likeness (QED) is 0.535. The highest BCUT2D eigenvalue weighted by atomic mass is 32.1. The monoisotopic (exact) mass is 297 g/mol. The first kappa shape index (κ1) is 14.3. The van der Waals surface area contributed by atoms with E-state index in [1.165, 1.54) is 6.20 Å². The van der Waals surface area contributed by atoms with Crippen LogP contribution < -0.4 is 4.74 Å². The van der Waals surface area contributed by atoms with Crippen LogP contribution in [0.3, 0.4) is 0 Å². The van der Waals surface area contributed by atoms with E-state index in [1.54, 1.807) is 5.38 Å². The molecule has 0 radical (unpaired) electrons. The zero-order valence-electron chi connectivity index (χ0n) is 10.0. The number of thiazole rings is 1. The molecule has 0 spiro atoms. The molecule has 20 heavy (non-hydrogen) atoms. The average molecular weight is 297 g/mol. The Labute approximate surface area is 117 Å². The Morgan fingerprint density at radius 1 is 1.40 bits per heavy atom. The van der Waals surface area contributed by atoms with E-state index in [-0.39, 0.29) is 10.6 Å². The molecule has 1 aromatic carbocycles. The second kappa shape index (κ2) is 5.89. The molecule has 2 aromatic rings. The largest absolute Gasteiger partial charge is 0.417 e. The van der Waals surface area contributed by atoms with Crippen molar-refractivity contribution in [3.05, 3.63) is 58.6 Å². The minimum atomic E-state index is -1.38. The first-order valence-electron chi connectivity index (χ1n) is 5.43. The van der Waals surface area contributed by atoms with Crippen LogP contribution in [-0.4, -0.2) is 16.1 Å². The summed E-state index contributed by atoms with van der Waals surface area (Å²) in [5.74, 6) is -3.99. The molecule has 0 bridgehead atoms. The summed E-state index contributed by atoms with van der Waals surface area (Å²) in [6.07, 6.45) is 0.0654. The molecule has 7 heteroatoms. The van der Waals surface area contributed by atoms with Crippen LogP contribution in [0, 0.1) is 11.6 Å². The number of carbonyl (C=O) groups is 1. The number of ether oxygens (including phenoxy) is 1. The van der Waals surface area contributed by atoms with Crippen molar-refractivity contribution >= 4 is 17.3 Å². The zero-order chi connectivity index (χ0) is 14.7. The van der Waals surface area contributed by atoms with Crippen LogP contribution in [0.5, 0.6) is 5.75 Å². The van der Waals surface area contributed by atoms with Crippen LogP contribution >= 0.6 is 11.3 Å². The minimum Gasteiger partial charge on any atom is -0.417 e. The molecule has 104 valence electrons. The van der Waals surface area contributed by atoms with E-state index in [4.69, 9.17) is 0 Å². The topological polar surface area (TPSA) is 59.4 Å². The van der Waals surface area contributed by atoms with Gasteiger partial charge in [-0.3, -0.25) is 0 Å². The Hall–Kier alpha value is -2.12. The summed E-state index contributed by atoms with van der Waals surface area (Å²) in [5.41, 5.74) is -0.359. The van der Waals surface area contributed by atoms with Crippen molar-refractivity contribution in [1.82, 2.24) is 4.98 Å². The third kappa shape index (κ3) is 2.89. The average Bonchev–Trinajstić information content (AvgIpc) is 2.95. The molecular weight excluding hydrogens is 288 g/mol. The van der Waals surface area contributed by atoms with Crippen molar-refractivity contribution in [1.29, 1.82) is 0 Å². The molecule has 2 rings (SSSR count). The molecule has 0 saturated heterocycles. The maximum atomic E-state index is 13.3. The van der Waals surface area contributed by atoms with Crippen molar-refractivity contribution < 1.29 is 23.4 Å². The van der Waals surface area contributed by atoms with Gasteiger partial charge in [-0.1, -0.05) is 12.6 Å². The van der Waals surface area contributed by atoms with Gasteiger partial charge in [0.15, 0.2) is 11.6 Å². The number of carbonyl (C=O) groups excluding carboxylic acids is 1. The number of benzene rings is 1. The van der Waals surface area contributed by atoms with Gasteiger partial charge in [-0.25, -0.2) is 18.6 Å². The van der Waals surface area contributed by atoms with Crippen molar-refractivity contribution in [3.8, 4) is 5.75 Å². The molecule has 1 heterocycles. The van der Waals surface area contributed by atoms with Gasteiger partial charge in [-0.15, -0.1) is 11.3 Å². The fourth-order valence-electron chi connectivity index (χ4n) is 1.37. The molecule has 1 N–H and O–H groups in total. The summed E-state index contributed by atoms with van der Waals surface area (Å²) in [6.45, 7) is 3.36. The van der Waals surface area contributed by atoms with E-state index in [9.17, 15) is 18.7 Å². The van der Waals surface area contributed by atoms with Crippen molar-refractivity contribution in [3.63, 3.8) is 0 Å². The normalized spacial score (nSPS) is 11.9. The number of esters is 1. The van der Waals surface area contributed by atoms with Gasteiger partial charge in [0.05, 0.1) is 5.57 Å². The highest BCUT2D eigenvalue weighted by Gasteiger charge is 2.24. The number of aliphatic hydroxyl groups is 1. The standard InChI is InChI=1S/C13H9F2NO3S/c1-7(10(17)12-16-5-6-20-12)13(18)19-11-8(14)3-2-4-9(11)15/h2-6,10,17H,1H2. The van der Waals surface area contributed by atoms with Crippen LogP contribution in [0.2, 0.25) is 0 Å². The van der Waals surface area contributed by atoms with Crippen LogP contribution in [0.1, 0.15) is 11.1 Å². The number of halogens is 2. The second-order valence-corrected chi connectivity index (χ2v) is 4.66. The molecule has 0 saturated carbocycles. The number of aliphatic hydroxyl groups excluding tert-OH is 1.